The number of aryl methyl sites for hydroxylation is 1. The first-order valence-corrected chi connectivity index (χ1v) is 5.38. The first kappa shape index (κ1) is 12.7. The highest BCUT2D eigenvalue weighted by Crippen LogP contribution is 2.11. The number of hydrogen-bond acceptors (Lipinski definition) is 4. The van der Waals surface area contributed by atoms with Gasteiger partial charge in [0.1, 0.15) is 5.54 Å². The van der Waals surface area contributed by atoms with E-state index in [9.17, 15) is 4.79 Å². The van der Waals surface area contributed by atoms with Crippen LogP contribution < -0.4 is 5.32 Å². The molecular weight excluding hydrogens is 206 g/mol. The van der Waals surface area contributed by atoms with Gasteiger partial charge in [-0.3, -0.25) is 4.68 Å². The number of nitrogens with one attached hydrogen (secondary N) is 1. The van der Waals surface area contributed by atoms with Gasteiger partial charge in [0.15, 0.2) is 0 Å². The Morgan fingerprint density at radius 3 is 2.81 bits per heavy atom. The number of carbonyl (C=O) groups excluding carboxylic acids is 1. The zero-order valence-corrected chi connectivity index (χ0v) is 10.3. The van der Waals surface area contributed by atoms with Crippen LogP contribution in [0.5, 0.6) is 0 Å². The molecule has 0 aliphatic rings. The highest BCUT2D eigenvalue weighted by atomic mass is 16.5. The van der Waals surface area contributed by atoms with Crippen LogP contribution in [0.4, 0.5) is 0 Å². The van der Waals surface area contributed by atoms with Gasteiger partial charge in [0.25, 0.3) is 0 Å². The summed E-state index contributed by atoms with van der Waals surface area (Å²) >= 11 is 0. The molecular formula is C11H19N3O2. The Balaban J connectivity index is 2.81. The van der Waals surface area contributed by atoms with E-state index in [2.05, 4.69) is 10.4 Å². The van der Waals surface area contributed by atoms with Gasteiger partial charge in [-0.15, -0.1) is 0 Å². The lowest BCUT2D eigenvalue weighted by atomic mass is 10.0. The van der Waals surface area contributed by atoms with Crippen molar-refractivity contribution in [2.75, 3.05) is 13.7 Å². The molecule has 1 aromatic rings. The molecule has 1 unspecified atom stereocenters. The molecule has 90 valence electrons. The van der Waals surface area contributed by atoms with Crippen molar-refractivity contribution in [3.05, 3.63) is 18.0 Å². The van der Waals surface area contributed by atoms with E-state index in [1.807, 2.05) is 19.9 Å². The van der Waals surface area contributed by atoms with Crippen LogP contribution in [0.1, 0.15) is 19.5 Å². The number of rotatable bonds is 5. The van der Waals surface area contributed by atoms with E-state index in [0.29, 0.717) is 13.2 Å². The smallest absolute Gasteiger partial charge is 0.327 e. The van der Waals surface area contributed by atoms with Gasteiger partial charge >= 0.3 is 5.97 Å². The summed E-state index contributed by atoms with van der Waals surface area (Å²) in [5.74, 6) is -0.257. The largest absolute Gasteiger partial charge is 0.465 e. The van der Waals surface area contributed by atoms with E-state index in [1.54, 1.807) is 24.9 Å². The molecule has 0 aliphatic heterocycles. The Morgan fingerprint density at radius 2 is 2.38 bits per heavy atom. The molecule has 0 spiro atoms. The maximum Gasteiger partial charge on any atom is 0.327 e. The van der Waals surface area contributed by atoms with Crippen LogP contribution in [0.25, 0.3) is 0 Å². The minimum Gasteiger partial charge on any atom is -0.465 e. The molecule has 1 aromatic heterocycles. The maximum atomic E-state index is 11.8. The molecule has 0 aliphatic carbocycles. The predicted molar refractivity (Wildman–Crippen MR) is 61.1 cm³/mol. The molecule has 0 saturated carbocycles. The topological polar surface area (TPSA) is 56.2 Å². The highest BCUT2D eigenvalue weighted by molar-refractivity contribution is 5.80. The van der Waals surface area contributed by atoms with Crippen molar-refractivity contribution in [1.82, 2.24) is 15.1 Å². The Labute approximate surface area is 95.8 Å². The van der Waals surface area contributed by atoms with Gasteiger partial charge in [0.05, 0.1) is 13.2 Å². The van der Waals surface area contributed by atoms with Crippen molar-refractivity contribution < 1.29 is 9.53 Å². The summed E-state index contributed by atoms with van der Waals surface area (Å²) in [5.41, 5.74) is 0.276. The van der Waals surface area contributed by atoms with Crippen LogP contribution in [0.2, 0.25) is 0 Å². The lowest BCUT2D eigenvalue weighted by molar-refractivity contribution is -0.151. The van der Waals surface area contributed by atoms with Crippen molar-refractivity contribution in [2.24, 2.45) is 0 Å². The average Bonchev–Trinajstić information content (AvgIpc) is 2.64. The third kappa shape index (κ3) is 2.61. The predicted octanol–water partition coefficient (Wildman–Crippen LogP) is 0.733. The SMILES string of the molecule is CCOC(=O)C(C)(Cn1nccc1C)NC. The van der Waals surface area contributed by atoms with Crippen molar-refractivity contribution in [2.45, 2.75) is 32.9 Å². The number of esters is 1. The normalized spacial score (nSPS) is 14.5. The van der Waals surface area contributed by atoms with Crippen LogP contribution >= 0.6 is 0 Å². The monoisotopic (exact) mass is 225 g/mol. The van der Waals surface area contributed by atoms with Crippen LogP contribution in [0.3, 0.4) is 0 Å². The molecule has 1 rings (SSSR count). The highest BCUT2D eigenvalue weighted by Gasteiger charge is 2.34. The summed E-state index contributed by atoms with van der Waals surface area (Å²) in [6.07, 6.45) is 1.72. The van der Waals surface area contributed by atoms with Gasteiger partial charge in [-0.1, -0.05) is 0 Å². The number of nitrogens with zero attached hydrogens (tertiary/aromatic N) is 2. The first-order valence-electron chi connectivity index (χ1n) is 5.38. The fourth-order valence-corrected chi connectivity index (χ4v) is 1.40. The van der Waals surface area contributed by atoms with Crippen molar-refractivity contribution in [3.63, 3.8) is 0 Å². The lowest BCUT2D eigenvalue weighted by Crippen LogP contribution is -2.52. The van der Waals surface area contributed by atoms with Crippen molar-refractivity contribution in [3.8, 4) is 0 Å². The Hall–Kier alpha value is -1.36. The summed E-state index contributed by atoms with van der Waals surface area (Å²) in [4.78, 5) is 11.8. The van der Waals surface area contributed by atoms with E-state index in [0.717, 1.165) is 5.69 Å². The van der Waals surface area contributed by atoms with Gasteiger partial charge in [-0.05, 0) is 33.9 Å². The number of aromatic nitrogens is 2. The zero-order valence-electron chi connectivity index (χ0n) is 10.3. The van der Waals surface area contributed by atoms with Crippen molar-refractivity contribution in [1.29, 1.82) is 0 Å². The fourth-order valence-electron chi connectivity index (χ4n) is 1.40. The first-order chi connectivity index (χ1) is 7.53. The van der Waals surface area contributed by atoms with E-state index in [-0.39, 0.29) is 5.97 Å². The summed E-state index contributed by atoms with van der Waals surface area (Å²) in [5, 5.41) is 7.15. The molecule has 0 amide bonds. The summed E-state index contributed by atoms with van der Waals surface area (Å²) in [7, 11) is 1.75. The molecule has 0 aromatic carbocycles. The number of hydrogen-bond donors (Lipinski definition) is 1. The quantitative estimate of drug-likeness (QED) is 0.751. The second-order valence-electron chi connectivity index (χ2n) is 3.93. The van der Waals surface area contributed by atoms with E-state index < -0.39 is 5.54 Å². The maximum absolute atomic E-state index is 11.8. The van der Waals surface area contributed by atoms with Gasteiger partial charge in [-0.2, -0.15) is 5.10 Å². The summed E-state index contributed by atoms with van der Waals surface area (Å²) < 4.78 is 6.83. The lowest BCUT2D eigenvalue weighted by Gasteiger charge is -2.27. The third-order valence-corrected chi connectivity index (χ3v) is 2.67. The fraction of sp³-hybridized carbons (Fsp3) is 0.636. The standard InChI is InChI=1S/C11H19N3O2/c1-5-16-10(15)11(3,12-4)8-14-9(2)6-7-13-14/h6-7,12H,5,8H2,1-4H3. The molecule has 16 heavy (non-hydrogen) atoms. The van der Waals surface area contributed by atoms with Gasteiger partial charge < -0.3 is 10.1 Å². The van der Waals surface area contributed by atoms with Gasteiger partial charge in [-0.25, -0.2) is 4.79 Å². The number of likely N-dealkylation sites (N-methyl/N-ethyl adjacent to an activating group) is 1. The van der Waals surface area contributed by atoms with Crippen LogP contribution in [-0.4, -0.2) is 34.9 Å². The minimum atomic E-state index is -0.743. The molecule has 1 atom stereocenters. The molecule has 5 nitrogen and oxygen atoms in total. The molecule has 5 heteroatoms. The van der Waals surface area contributed by atoms with Gasteiger partial charge in [0.2, 0.25) is 0 Å². The molecule has 1 heterocycles. The molecule has 0 saturated heterocycles. The Kier molecular flexibility index (Phi) is 4.06. The van der Waals surface area contributed by atoms with Crippen LogP contribution in [0.15, 0.2) is 12.3 Å². The van der Waals surface area contributed by atoms with E-state index in [1.165, 1.54) is 0 Å². The molecule has 0 radical (unpaired) electrons. The number of ether oxygens (including phenoxy) is 1. The van der Waals surface area contributed by atoms with Crippen molar-refractivity contribution >= 4 is 5.97 Å². The average molecular weight is 225 g/mol. The second-order valence-corrected chi connectivity index (χ2v) is 3.93. The Bertz CT molecular complexity index is 362. The van der Waals surface area contributed by atoms with Gasteiger partial charge in [0, 0.05) is 11.9 Å². The van der Waals surface area contributed by atoms with Crippen LogP contribution in [0, 0.1) is 6.92 Å². The molecule has 0 fully saturated rings. The molecule has 0 bridgehead atoms. The minimum absolute atomic E-state index is 0.257. The van der Waals surface area contributed by atoms with E-state index in [4.69, 9.17) is 4.74 Å². The summed E-state index contributed by atoms with van der Waals surface area (Å²) in [6, 6.07) is 1.90. The Morgan fingerprint density at radius 1 is 1.69 bits per heavy atom. The third-order valence-electron chi connectivity index (χ3n) is 2.67. The number of carbonyl (C=O) groups is 1. The summed E-state index contributed by atoms with van der Waals surface area (Å²) in [6.45, 7) is 6.41. The second kappa shape index (κ2) is 5.12. The van der Waals surface area contributed by atoms with E-state index >= 15 is 0 Å². The van der Waals surface area contributed by atoms with Crippen LogP contribution in [-0.2, 0) is 16.1 Å². The molecule has 1 N–H and O–H groups in total. The zero-order chi connectivity index (χ0) is 12.2.